The lowest BCUT2D eigenvalue weighted by Gasteiger charge is -2.30. The number of hydrogen-bond donors (Lipinski definition) is 1. The Hall–Kier alpha value is -2.82. The molecular formula is C25H34N2O3. The molecule has 0 bridgehead atoms. The van der Waals surface area contributed by atoms with Crippen LogP contribution in [0.25, 0.3) is 0 Å². The normalized spacial score (nSPS) is 11.6. The zero-order valence-electron chi connectivity index (χ0n) is 18.6. The number of nitrogens with zero attached hydrogens (tertiary/aromatic N) is 1. The number of carbonyl (C=O) groups excluding carboxylic acids is 2. The van der Waals surface area contributed by atoms with Gasteiger partial charge in [-0.05, 0) is 44.4 Å². The second kappa shape index (κ2) is 12.0. The maximum absolute atomic E-state index is 13.1. The fraction of sp³-hybridized carbons (Fsp3) is 0.440. The van der Waals surface area contributed by atoms with Gasteiger partial charge >= 0.3 is 0 Å². The second-order valence-electron chi connectivity index (χ2n) is 7.68. The number of unbranched alkanes of at least 4 members (excludes halogenated alkanes) is 1. The molecule has 2 rings (SSSR count). The summed E-state index contributed by atoms with van der Waals surface area (Å²) in [6, 6.07) is 15.1. The lowest BCUT2D eigenvalue weighted by atomic mass is 10.1. The van der Waals surface area contributed by atoms with Gasteiger partial charge in [-0.3, -0.25) is 9.59 Å². The fourth-order valence-corrected chi connectivity index (χ4v) is 3.30. The molecule has 0 radical (unpaired) electrons. The van der Waals surface area contributed by atoms with Crippen molar-refractivity contribution in [1.29, 1.82) is 0 Å². The number of hydrogen-bond acceptors (Lipinski definition) is 3. The molecule has 0 heterocycles. The Kier molecular flexibility index (Phi) is 9.39. The lowest BCUT2D eigenvalue weighted by Crippen LogP contribution is -2.50. The van der Waals surface area contributed by atoms with Crippen molar-refractivity contribution in [2.24, 2.45) is 0 Å². The summed E-state index contributed by atoms with van der Waals surface area (Å²) in [6.45, 7) is 8.93. The van der Waals surface area contributed by atoms with Crippen molar-refractivity contribution >= 4 is 11.8 Å². The van der Waals surface area contributed by atoms with Crippen molar-refractivity contribution < 1.29 is 14.3 Å². The van der Waals surface area contributed by atoms with E-state index in [4.69, 9.17) is 4.74 Å². The summed E-state index contributed by atoms with van der Waals surface area (Å²) in [4.78, 5) is 27.6. The van der Waals surface area contributed by atoms with Crippen molar-refractivity contribution in [3.05, 3.63) is 65.2 Å². The molecule has 2 amide bonds. The number of carbonyl (C=O) groups is 2. The summed E-state index contributed by atoms with van der Waals surface area (Å²) < 4.78 is 5.72. The van der Waals surface area contributed by atoms with E-state index >= 15 is 0 Å². The van der Waals surface area contributed by atoms with E-state index in [0.29, 0.717) is 25.3 Å². The molecule has 2 aromatic carbocycles. The molecule has 0 aromatic heterocycles. The molecule has 5 heteroatoms. The maximum atomic E-state index is 13.1. The molecular weight excluding hydrogens is 376 g/mol. The van der Waals surface area contributed by atoms with Crippen molar-refractivity contribution in [2.75, 3.05) is 13.2 Å². The molecule has 1 N–H and O–H groups in total. The predicted octanol–water partition coefficient (Wildman–Crippen LogP) is 4.41. The van der Waals surface area contributed by atoms with Gasteiger partial charge in [-0.15, -0.1) is 0 Å². The van der Waals surface area contributed by atoms with Crippen molar-refractivity contribution in [3.8, 4) is 5.75 Å². The highest BCUT2D eigenvalue weighted by atomic mass is 16.5. The van der Waals surface area contributed by atoms with E-state index in [9.17, 15) is 9.59 Å². The summed E-state index contributed by atoms with van der Waals surface area (Å²) in [6.07, 6.45) is 2.47. The molecule has 0 aliphatic heterocycles. The number of ether oxygens (including phenoxy) is 1. The maximum Gasteiger partial charge on any atom is 0.261 e. The number of nitrogens with one attached hydrogen (secondary N) is 1. The molecule has 0 unspecified atom stereocenters. The van der Waals surface area contributed by atoms with E-state index in [1.165, 1.54) is 0 Å². The zero-order chi connectivity index (χ0) is 21.9. The summed E-state index contributed by atoms with van der Waals surface area (Å²) in [7, 11) is 0. The Labute approximate surface area is 180 Å². The van der Waals surface area contributed by atoms with Crippen molar-refractivity contribution in [1.82, 2.24) is 10.2 Å². The van der Waals surface area contributed by atoms with Gasteiger partial charge in [-0.2, -0.15) is 0 Å². The number of benzene rings is 2. The van der Waals surface area contributed by atoms with Crippen LogP contribution in [0.15, 0.2) is 48.5 Å². The van der Waals surface area contributed by atoms with Gasteiger partial charge < -0.3 is 15.0 Å². The van der Waals surface area contributed by atoms with Crippen LogP contribution in [-0.2, 0) is 16.1 Å². The van der Waals surface area contributed by atoms with E-state index in [1.807, 2.05) is 69.3 Å². The van der Waals surface area contributed by atoms with Gasteiger partial charge in [0, 0.05) is 13.1 Å². The van der Waals surface area contributed by atoms with Crippen LogP contribution in [0.2, 0.25) is 0 Å². The summed E-state index contributed by atoms with van der Waals surface area (Å²) in [5, 5.41) is 2.97. The average molecular weight is 411 g/mol. The van der Waals surface area contributed by atoms with Gasteiger partial charge in [0.05, 0.1) is 0 Å². The molecule has 0 spiro atoms. The third-order valence-electron chi connectivity index (χ3n) is 5.03. The highest BCUT2D eigenvalue weighted by molar-refractivity contribution is 5.88. The first-order chi connectivity index (χ1) is 14.4. The van der Waals surface area contributed by atoms with Crippen LogP contribution in [0.3, 0.4) is 0 Å². The quantitative estimate of drug-likeness (QED) is 0.559. The van der Waals surface area contributed by atoms with Gasteiger partial charge in [-0.25, -0.2) is 0 Å². The smallest absolute Gasteiger partial charge is 0.261 e. The molecule has 2 aromatic rings. The predicted molar refractivity (Wildman–Crippen MR) is 120 cm³/mol. The average Bonchev–Trinajstić information content (AvgIpc) is 2.73. The molecule has 0 saturated carbocycles. The van der Waals surface area contributed by atoms with Gasteiger partial charge in [0.25, 0.3) is 5.91 Å². The van der Waals surface area contributed by atoms with E-state index in [0.717, 1.165) is 29.5 Å². The van der Waals surface area contributed by atoms with E-state index in [1.54, 1.807) is 4.90 Å². The first-order valence-corrected chi connectivity index (χ1v) is 10.8. The first-order valence-electron chi connectivity index (χ1n) is 10.8. The van der Waals surface area contributed by atoms with Crippen LogP contribution in [-0.4, -0.2) is 35.9 Å². The van der Waals surface area contributed by atoms with Crippen LogP contribution < -0.4 is 10.1 Å². The highest BCUT2D eigenvalue weighted by Gasteiger charge is 2.28. The second-order valence-corrected chi connectivity index (χ2v) is 7.68. The molecule has 0 aliphatic rings. The van der Waals surface area contributed by atoms with Crippen molar-refractivity contribution in [3.63, 3.8) is 0 Å². The van der Waals surface area contributed by atoms with Crippen LogP contribution in [0, 0.1) is 13.8 Å². The summed E-state index contributed by atoms with van der Waals surface area (Å²) in [5.41, 5.74) is 3.25. The van der Waals surface area contributed by atoms with Crippen LogP contribution in [0.1, 0.15) is 49.8 Å². The van der Waals surface area contributed by atoms with Crippen LogP contribution >= 0.6 is 0 Å². The minimum Gasteiger partial charge on any atom is -0.484 e. The molecule has 0 aliphatic carbocycles. The monoisotopic (exact) mass is 410 g/mol. The largest absolute Gasteiger partial charge is 0.484 e. The van der Waals surface area contributed by atoms with E-state index < -0.39 is 6.04 Å². The Balaban J connectivity index is 2.16. The van der Waals surface area contributed by atoms with Gasteiger partial charge in [0.2, 0.25) is 5.91 Å². The topological polar surface area (TPSA) is 58.6 Å². The minimum absolute atomic E-state index is 0.104. The molecule has 0 fully saturated rings. The Morgan fingerprint density at radius 1 is 1.03 bits per heavy atom. The summed E-state index contributed by atoms with van der Waals surface area (Å²) in [5.74, 6) is 0.335. The van der Waals surface area contributed by atoms with Gasteiger partial charge in [0.1, 0.15) is 11.8 Å². The Morgan fingerprint density at radius 2 is 1.77 bits per heavy atom. The molecule has 162 valence electrons. The highest BCUT2D eigenvalue weighted by Crippen LogP contribution is 2.16. The molecule has 5 nitrogen and oxygen atoms in total. The number of rotatable bonds is 11. The summed E-state index contributed by atoms with van der Waals surface area (Å²) >= 11 is 0. The Morgan fingerprint density at radius 3 is 2.40 bits per heavy atom. The van der Waals surface area contributed by atoms with E-state index in [-0.39, 0.29) is 18.4 Å². The molecule has 30 heavy (non-hydrogen) atoms. The van der Waals surface area contributed by atoms with Gasteiger partial charge in [0.15, 0.2) is 6.61 Å². The molecule has 0 saturated heterocycles. The number of amides is 2. The minimum atomic E-state index is -0.531. The Bertz CT molecular complexity index is 817. The van der Waals surface area contributed by atoms with Crippen LogP contribution in [0.4, 0.5) is 0 Å². The molecule has 1 atom stereocenters. The van der Waals surface area contributed by atoms with Crippen LogP contribution in [0.5, 0.6) is 5.75 Å². The first kappa shape index (κ1) is 23.5. The number of aryl methyl sites for hydroxylation is 2. The zero-order valence-corrected chi connectivity index (χ0v) is 18.6. The lowest BCUT2D eigenvalue weighted by molar-refractivity contribution is -0.143. The van der Waals surface area contributed by atoms with Crippen molar-refractivity contribution in [2.45, 2.75) is 59.5 Å². The van der Waals surface area contributed by atoms with E-state index in [2.05, 4.69) is 12.2 Å². The van der Waals surface area contributed by atoms with Gasteiger partial charge in [-0.1, -0.05) is 67.8 Å². The fourth-order valence-electron chi connectivity index (χ4n) is 3.30. The third-order valence-corrected chi connectivity index (χ3v) is 5.03. The third kappa shape index (κ3) is 7.21. The SMILES string of the molecule is CCCCNC(=O)[C@H](CC)N(Cc1cccc(C)c1)C(=O)COc1ccc(C)cc1. The standard InChI is InChI=1S/C25H34N2O3/c1-5-7-15-26-25(29)23(6-2)27(17-21-10-8-9-20(4)16-21)24(28)18-30-22-13-11-19(3)12-14-22/h8-14,16,23H,5-7,15,17-18H2,1-4H3,(H,26,29)/t23-/m0/s1.